The fourth-order valence-corrected chi connectivity index (χ4v) is 4.56. The Morgan fingerprint density at radius 2 is 1.96 bits per heavy atom. The normalized spacial score (nSPS) is 11.6. The largest absolute Gasteiger partial charge is 0.392 e. The van der Waals surface area contributed by atoms with E-state index in [0.29, 0.717) is 27.7 Å². The third-order valence-electron chi connectivity index (χ3n) is 4.19. The maximum atomic E-state index is 9.71. The third kappa shape index (κ3) is 3.28. The number of methoxy groups -OCH3 is 1. The zero-order valence-corrected chi connectivity index (χ0v) is 16.9. The molecule has 0 amide bonds. The summed E-state index contributed by atoms with van der Waals surface area (Å²) in [7, 11) is 1.63. The lowest BCUT2D eigenvalue weighted by Gasteiger charge is -2.06. The second kappa shape index (κ2) is 7.30. The van der Waals surface area contributed by atoms with Crippen LogP contribution in [0.25, 0.3) is 31.8 Å². The fraction of sp³-hybridized carbons (Fsp3) is 0.211. The molecule has 0 bridgehead atoms. The van der Waals surface area contributed by atoms with E-state index in [0.717, 1.165) is 37.6 Å². The van der Waals surface area contributed by atoms with Crippen molar-refractivity contribution in [2.24, 2.45) is 0 Å². The number of hydrogen-bond donors (Lipinski definition) is 1. The maximum Gasteiger partial charge on any atom is 0.126 e. The summed E-state index contributed by atoms with van der Waals surface area (Å²) in [5.74, 6) is 0. The first-order valence-electron chi connectivity index (χ1n) is 8.15. The molecule has 0 aliphatic carbocycles. The van der Waals surface area contributed by atoms with E-state index < -0.39 is 0 Å². The minimum absolute atomic E-state index is 0.228. The maximum absolute atomic E-state index is 9.71. The lowest BCUT2D eigenvalue weighted by atomic mass is 10.1. The highest BCUT2D eigenvalue weighted by Gasteiger charge is 2.18. The number of nitrogens with zero attached hydrogens (tertiary/aromatic N) is 3. The van der Waals surface area contributed by atoms with E-state index in [2.05, 4.69) is 9.97 Å². The van der Waals surface area contributed by atoms with Gasteiger partial charge in [0.2, 0.25) is 0 Å². The van der Waals surface area contributed by atoms with Gasteiger partial charge in [0.1, 0.15) is 5.01 Å². The number of benzene rings is 2. The zero-order valence-electron chi connectivity index (χ0n) is 14.6. The number of thiazole rings is 1. The van der Waals surface area contributed by atoms with E-state index in [1.165, 1.54) is 11.3 Å². The van der Waals surface area contributed by atoms with Gasteiger partial charge >= 0.3 is 0 Å². The van der Waals surface area contributed by atoms with Crippen LogP contribution in [-0.2, 0) is 18.0 Å². The highest BCUT2D eigenvalue weighted by molar-refractivity contribution is 7.21. The number of hydrogen-bond acceptors (Lipinski definition) is 6. The first-order valence-corrected chi connectivity index (χ1v) is 9.73. The molecule has 1 N–H and O–H groups in total. The van der Waals surface area contributed by atoms with Gasteiger partial charge in [-0.1, -0.05) is 23.2 Å². The highest BCUT2D eigenvalue weighted by atomic mass is 35.5. The second-order valence-corrected chi connectivity index (χ2v) is 7.97. The van der Waals surface area contributed by atoms with E-state index in [4.69, 9.17) is 32.9 Å². The van der Waals surface area contributed by atoms with Gasteiger partial charge < -0.3 is 9.84 Å². The molecular weight excluding hydrogens is 405 g/mol. The van der Waals surface area contributed by atoms with Crippen molar-refractivity contribution >= 4 is 55.8 Å². The van der Waals surface area contributed by atoms with Crippen LogP contribution in [0.5, 0.6) is 0 Å². The average molecular weight is 420 g/mol. The Morgan fingerprint density at radius 1 is 1.15 bits per heavy atom. The number of aliphatic hydroxyl groups is 1. The van der Waals surface area contributed by atoms with Gasteiger partial charge in [0, 0.05) is 18.2 Å². The number of ether oxygens (including phenoxy) is 1. The molecule has 8 heteroatoms. The predicted molar refractivity (Wildman–Crippen MR) is 110 cm³/mol. The molecule has 0 saturated heterocycles. The number of aromatic nitrogens is 3. The second-order valence-electron chi connectivity index (χ2n) is 6.15. The van der Waals surface area contributed by atoms with Crippen molar-refractivity contribution < 1.29 is 9.84 Å². The zero-order chi connectivity index (χ0) is 19.1. The number of halogens is 2. The Hall–Kier alpha value is -1.83. The molecule has 0 spiro atoms. The molecule has 0 aliphatic rings. The monoisotopic (exact) mass is 419 g/mol. The Labute approximate surface area is 169 Å². The lowest BCUT2D eigenvalue weighted by molar-refractivity contribution is 0.181. The molecule has 4 aromatic rings. The van der Waals surface area contributed by atoms with Crippen LogP contribution in [0.3, 0.4) is 0 Å². The van der Waals surface area contributed by atoms with Gasteiger partial charge in [-0.15, -0.1) is 11.3 Å². The van der Waals surface area contributed by atoms with Gasteiger partial charge in [-0.2, -0.15) is 0 Å². The first kappa shape index (κ1) is 18.5. The van der Waals surface area contributed by atoms with E-state index in [-0.39, 0.29) is 6.61 Å². The van der Waals surface area contributed by atoms with Crippen LogP contribution in [0.4, 0.5) is 0 Å². The predicted octanol–water partition coefficient (Wildman–Crippen LogP) is 5.16. The van der Waals surface area contributed by atoms with Crippen molar-refractivity contribution in [3.05, 3.63) is 51.3 Å². The molecule has 0 radical (unpaired) electrons. The smallest absolute Gasteiger partial charge is 0.126 e. The van der Waals surface area contributed by atoms with Crippen molar-refractivity contribution in [1.82, 2.24) is 15.0 Å². The van der Waals surface area contributed by atoms with E-state index in [1.54, 1.807) is 19.4 Å². The molecule has 138 valence electrons. The van der Waals surface area contributed by atoms with Crippen molar-refractivity contribution in [3.63, 3.8) is 0 Å². The number of fused-ring (bicyclic) bond motifs is 2. The standard InChI is InChI=1S/C19H15Cl2N3O2S/c1-9-3-11(17-14(4-9)23-10(6-22-17)8-26-2)19-24-18-12(7-25)16(21)13(20)5-15(18)27-19/h3-6,25H,7-8H2,1-2H3. The molecular formula is C19H15Cl2N3O2S. The van der Waals surface area contributed by atoms with Crippen LogP contribution in [-0.4, -0.2) is 27.2 Å². The summed E-state index contributed by atoms with van der Waals surface area (Å²) in [6, 6.07) is 5.80. The van der Waals surface area contributed by atoms with Crippen LogP contribution >= 0.6 is 34.5 Å². The van der Waals surface area contributed by atoms with Crippen LogP contribution in [0.2, 0.25) is 10.0 Å². The van der Waals surface area contributed by atoms with Gasteiger partial charge in [0.15, 0.2) is 0 Å². The molecule has 5 nitrogen and oxygen atoms in total. The Morgan fingerprint density at radius 3 is 2.70 bits per heavy atom. The van der Waals surface area contributed by atoms with Gasteiger partial charge in [-0.25, -0.2) is 9.97 Å². The van der Waals surface area contributed by atoms with Gasteiger partial charge in [0.25, 0.3) is 0 Å². The van der Waals surface area contributed by atoms with Crippen LogP contribution in [0.15, 0.2) is 24.4 Å². The lowest BCUT2D eigenvalue weighted by Crippen LogP contribution is -1.96. The van der Waals surface area contributed by atoms with Gasteiger partial charge in [-0.05, 0) is 30.7 Å². The third-order valence-corrected chi connectivity index (χ3v) is 6.06. The van der Waals surface area contributed by atoms with Gasteiger partial charge in [0.05, 0.1) is 56.4 Å². The quantitative estimate of drug-likeness (QED) is 0.494. The van der Waals surface area contributed by atoms with E-state index in [1.807, 2.05) is 19.1 Å². The number of aryl methyl sites for hydroxylation is 1. The highest BCUT2D eigenvalue weighted by Crippen LogP contribution is 2.40. The van der Waals surface area contributed by atoms with Crippen LogP contribution in [0.1, 0.15) is 16.8 Å². The van der Waals surface area contributed by atoms with Crippen LogP contribution < -0.4 is 0 Å². The van der Waals surface area contributed by atoms with Crippen LogP contribution in [0, 0.1) is 6.92 Å². The van der Waals surface area contributed by atoms with Crippen molar-refractivity contribution in [2.75, 3.05) is 7.11 Å². The van der Waals surface area contributed by atoms with Crippen molar-refractivity contribution in [3.8, 4) is 10.6 Å². The van der Waals surface area contributed by atoms with Crippen molar-refractivity contribution in [1.29, 1.82) is 0 Å². The summed E-state index contributed by atoms with van der Waals surface area (Å²) in [6.45, 7) is 2.19. The number of aliphatic hydroxyl groups excluding tert-OH is 1. The van der Waals surface area contributed by atoms with Crippen molar-refractivity contribution in [2.45, 2.75) is 20.1 Å². The summed E-state index contributed by atoms with van der Waals surface area (Å²) < 4.78 is 6.01. The Bertz CT molecular complexity index is 1180. The van der Waals surface area contributed by atoms with E-state index in [9.17, 15) is 5.11 Å². The summed E-state index contributed by atoms with van der Waals surface area (Å²) in [5, 5.41) is 11.2. The molecule has 0 unspecified atom stereocenters. The average Bonchev–Trinajstić information content (AvgIpc) is 3.05. The minimum atomic E-state index is -0.228. The first-order chi connectivity index (χ1) is 13.0. The van der Waals surface area contributed by atoms with E-state index >= 15 is 0 Å². The summed E-state index contributed by atoms with van der Waals surface area (Å²) in [6.07, 6.45) is 1.71. The molecule has 2 aromatic carbocycles. The minimum Gasteiger partial charge on any atom is -0.392 e. The molecule has 2 heterocycles. The summed E-state index contributed by atoms with van der Waals surface area (Å²) in [4.78, 5) is 14.0. The van der Waals surface area contributed by atoms with Gasteiger partial charge in [-0.3, -0.25) is 4.98 Å². The Balaban J connectivity index is 1.96. The summed E-state index contributed by atoms with van der Waals surface area (Å²) >= 11 is 13.9. The Kier molecular flexibility index (Phi) is 5.01. The fourth-order valence-electron chi connectivity index (χ4n) is 3.02. The molecule has 0 atom stereocenters. The number of rotatable bonds is 4. The molecule has 0 aliphatic heterocycles. The topological polar surface area (TPSA) is 68.1 Å². The molecule has 2 aromatic heterocycles. The molecule has 27 heavy (non-hydrogen) atoms. The summed E-state index contributed by atoms with van der Waals surface area (Å²) in [5.41, 5.74) is 5.46. The molecule has 0 saturated carbocycles. The SMILES string of the molecule is COCc1cnc2c(-c3nc4c(CO)c(Cl)c(Cl)cc4s3)cc(C)cc2n1. The molecule has 0 fully saturated rings. The molecule has 4 rings (SSSR count).